The molecule has 1 aromatic rings. The molecule has 0 saturated carbocycles. The van der Waals surface area contributed by atoms with E-state index in [1.807, 2.05) is 31.2 Å². The number of benzene rings is 1. The number of hydrogen-bond donors (Lipinski definition) is 2. The zero-order valence-electron chi connectivity index (χ0n) is 12.0. The molecule has 6 nitrogen and oxygen atoms in total. The lowest BCUT2D eigenvalue weighted by Gasteiger charge is -2.17. The summed E-state index contributed by atoms with van der Waals surface area (Å²) in [5, 5.41) is 11.1. The van der Waals surface area contributed by atoms with E-state index < -0.39 is 23.8 Å². The molecule has 1 aromatic carbocycles. The van der Waals surface area contributed by atoms with Gasteiger partial charge in [-0.05, 0) is 32.4 Å². The molecule has 0 bridgehead atoms. The average Bonchev–Trinajstić information content (AvgIpc) is 2.81. The molecule has 2 amide bonds. The summed E-state index contributed by atoms with van der Waals surface area (Å²) >= 11 is 0. The molecule has 1 unspecified atom stereocenters. The molecule has 0 aliphatic carbocycles. The third kappa shape index (κ3) is 3.21. The first-order valence-electron chi connectivity index (χ1n) is 6.81. The SMILES string of the molecule is Cc1ccc(N2CCC(C(=O)N[C@H](C)C(=O)O)C2=O)cc1. The Kier molecular flexibility index (Phi) is 4.26. The second-order valence-electron chi connectivity index (χ2n) is 5.24. The molecule has 1 heterocycles. The molecule has 2 N–H and O–H groups in total. The van der Waals surface area contributed by atoms with E-state index in [4.69, 9.17) is 5.11 Å². The van der Waals surface area contributed by atoms with Gasteiger partial charge in [-0.2, -0.15) is 0 Å². The second-order valence-corrected chi connectivity index (χ2v) is 5.24. The molecule has 0 radical (unpaired) electrons. The Morgan fingerprint density at radius 1 is 1.33 bits per heavy atom. The zero-order chi connectivity index (χ0) is 15.6. The van der Waals surface area contributed by atoms with Gasteiger partial charge in [-0.1, -0.05) is 17.7 Å². The molecule has 0 aromatic heterocycles. The smallest absolute Gasteiger partial charge is 0.325 e. The number of nitrogens with zero attached hydrogens (tertiary/aromatic N) is 1. The number of carboxylic acids is 1. The van der Waals surface area contributed by atoms with E-state index in [9.17, 15) is 14.4 Å². The van der Waals surface area contributed by atoms with E-state index in [1.54, 1.807) is 4.90 Å². The molecule has 1 saturated heterocycles. The normalized spacial score (nSPS) is 19.4. The highest BCUT2D eigenvalue weighted by Gasteiger charge is 2.38. The van der Waals surface area contributed by atoms with Gasteiger partial charge in [0.1, 0.15) is 12.0 Å². The van der Waals surface area contributed by atoms with Crippen molar-refractivity contribution >= 4 is 23.5 Å². The van der Waals surface area contributed by atoms with Crippen molar-refractivity contribution in [2.24, 2.45) is 5.92 Å². The standard InChI is InChI=1S/C15H18N2O4/c1-9-3-5-11(6-4-9)17-8-7-12(14(17)19)13(18)16-10(2)15(20)21/h3-6,10,12H,7-8H2,1-2H3,(H,16,18)(H,20,21)/t10-,12?/m1/s1. The minimum absolute atomic E-state index is 0.283. The fourth-order valence-corrected chi connectivity index (χ4v) is 2.28. The number of carboxylic acid groups (broad SMARTS) is 1. The van der Waals surface area contributed by atoms with Crippen molar-refractivity contribution < 1.29 is 19.5 Å². The Hall–Kier alpha value is -2.37. The van der Waals surface area contributed by atoms with Gasteiger partial charge in [-0.25, -0.2) is 0 Å². The molecule has 0 spiro atoms. The topological polar surface area (TPSA) is 86.7 Å². The van der Waals surface area contributed by atoms with Gasteiger partial charge in [0.25, 0.3) is 0 Å². The maximum atomic E-state index is 12.3. The number of hydrogen-bond acceptors (Lipinski definition) is 3. The van der Waals surface area contributed by atoms with Crippen molar-refractivity contribution in [2.45, 2.75) is 26.3 Å². The summed E-state index contributed by atoms with van der Waals surface area (Å²) in [4.78, 5) is 36.6. The number of carbonyl (C=O) groups is 3. The first kappa shape index (κ1) is 15.0. The highest BCUT2D eigenvalue weighted by atomic mass is 16.4. The summed E-state index contributed by atoms with van der Waals surface area (Å²) in [6, 6.07) is 6.49. The van der Waals surface area contributed by atoms with Crippen molar-refractivity contribution in [1.29, 1.82) is 0 Å². The summed E-state index contributed by atoms with van der Waals surface area (Å²) in [6.07, 6.45) is 0.394. The van der Waals surface area contributed by atoms with Gasteiger partial charge < -0.3 is 15.3 Å². The molecule has 21 heavy (non-hydrogen) atoms. The number of nitrogens with one attached hydrogen (secondary N) is 1. The van der Waals surface area contributed by atoms with Crippen LogP contribution in [0.3, 0.4) is 0 Å². The number of aryl methyl sites for hydroxylation is 1. The van der Waals surface area contributed by atoms with Gasteiger partial charge in [0.2, 0.25) is 11.8 Å². The molecule has 112 valence electrons. The van der Waals surface area contributed by atoms with Crippen LogP contribution in [0.2, 0.25) is 0 Å². The predicted molar refractivity (Wildman–Crippen MR) is 76.9 cm³/mol. The van der Waals surface area contributed by atoms with Gasteiger partial charge in [0, 0.05) is 12.2 Å². The van der Waals surface area contributed by atoms with Crippen LogP contribution in [0.4, 0.5) is 5.69 Å². The Morgan fingerprint density at radius 3 is 2.52 bits per heavy atom. The minimum atomic E-state index is -1.12. The lowest BCUT2D eigenvalue weighted by Crippen LogP contribution is -2.44. The number of carbonyl (C=O) groups excluding carboxylic acids is 2. The predicted octanol–water partition coefficient (Wildman–Crippen LogP) is 0.937. The maximum Gasteiger partial charge on any atom is 0.325 e. The maximum absolute atomic E-state index is 12.3. The summed E-state index contributed by atoms with van der Waals surface area (Å²) in [6.45, 7) is 3.79. The van der Waals surface area contributed by atoms with Crippen molar-refractivity contribution in [2.75, 3.05) is 11.4 Å². The van der Waals surface area contributed by atoms with Crippen LogP contribution in [0, 0.1) is 12.8 Å². The zero-order valence-corrected chi connectivity index (χ0v) is 12.0. The van der Waals surface area contributed by atoms with Gasteiger partial charge >= 0.3 is 5.97 Å². The van der Waals surface area contributed by atoms with E-state index in [2.05, 4.69) is 5.32 Å². The Morgan fingerprint density at radius 2 is 1.95 bits per heavy atom. The quantitative estimate of drug-likeness (QED) is 0.808. The van der Waals surface area contributed by atoms with Gasteiger partial charge in [-0.3, -0.25) is 14.4 Å². The van der Waals surface area contributed by atoms with Crippen LogP contribution < -0.4 is 10.2 Å². The van der Waals surface area contributed by atoms with E-state index in [0.717, 1.165) is 11.3 Å². The first-order valence-corrected chi connectivity index (χ1v) is 6.81. The monoisotopic (exact) mass is 290 g/mol. The van der Waals surface area contributed by atoms with Crippen LogP contribution in [0.25, 0.3) is 0 Å². The highest BCUT2D eigenvalue weighted by Crippen LogP contribution is 2.25. The average molecular weight is 290 g/mol. The van der Waals surface area contributed by atoms with Gasteiger partial charge in [-0.15, -0.1) is 0 Å². The lowest BCUT2D eigenvalue weighted by atomic mass is 10.1. The largest absolute Gasteiger partial charge is 0.480 e. The summed E-state index contributed by atoms with van der Waals surface area (Å²) in [5.74, 6) is -2.74. The highest BCUT2D eigenvalue weighted by molar-refractivity contribution is 6.10. The Balaban J connectivity index is 2.06. The van der Waals surface area contributed by atoms with E-state index in [1.165, 1.54) is 6.92 Å². The van der Waals surface area contributed by atoms with E-state index >= 15 is 0 Å². The fourth-order valence-electron chi connectivity index (χ4n) is 2.28. The molecular weight excluding hydrogens is 272 g/mol. The van der Waals surface area contributed by atoms with Crippen molar-refractivity contribution in [3.8, 4) is 0 Å². The van der Waals surface area contributed by atoms with Crippen molar-refractivity contribution in [3.05, 3.63) is 29.8 Å². The number of anilines is 1. The number of rotatable bonds is 4. The number of amides is 2. The van der Waals surface area contributed by atoms with Crippen LogP contribution >= 0.6 is 0 Å². The van der Waals surface area contributed by atoms with Crippen molar-refractivity contribution in [3.63, 3.8) is 0 Å². The molecule has 6 heteroatoms. The van der Waals surface area contributed by atoms with Crippen LogP contribution in [0.5, 0.6) is 0 Å². The molecule has 2 atom stereocenters. The van der Waals surface area contributed by atoms with Crippen LogP contribution in [0.15, 0.2) is 24.3 Å². The fraction of sp³-hybridized carbons (Fsp3) is 0.400. The summed E-state index contributed by atoms with van der Waals surface area (Å²) < 4.78 is 0. The van der Waals surface area contributed by atoms with E-state index in [-0.39, 0.29) is 5.91 Å². The van der Waals surface area contributed by atoms with Gasteiger partial charge in [0.15, 0.2) is 0 Å². The lowest BCUT2D eigenvalue weighted by molar-refractivity contribution is -0.143. The molecule has 1 fully saturated rings. The third-order valence-corrected chi connectivity index (χ3v) is 3.60. The summed E-state index contributed by atoms with van der Waals surface area (Å²) in [5.41, 5.74) is 1.85. The van der Waals surface area contributed by atoms with Crippen LogP contribution in [-0.4, -0.2) is 35.5 Å². The molecular formula is C15H18N2O4. The molecule has 1 aliphatic rings. The number of aliphatic carboxylic acids is 1. The molecule has 1 aliphatic heterocycles. The Bertz CT molecular complexity index is 568. The summed E-state index contributed by atoms with van der Waals surface area (Å²) in [7, 11) is 0. The van der Waals surface area contributed by atoms with Crippen LogP contribution in [-0.2, 0) is 14.4 Å². The van der Waals surface area contributed by atoms with Gasteiger partial charge in [0.05, 0.1) is 0 Å². The second kappa shape index (κ2) is 5.95. The third-order valence-electron chi connectivity index (χ3n) is 3.60. The Labute approximate surface area is 122 Å². The first-order chi connectivity index (χ1) is 9.90. The van der Waals surface area contributed by atoms with Crippen LogP contribution in [0.1, 0.15) is 18.9 Å². The molecule has 2 rings (SSSR count). The minimum Gasteiger partial charge on any atom is -0.480 e. The van der Waals surface area contributed by atoms with Crippen molar-refractivity contribution in [1.82, 2.24) is 5.32 Å². The van der Waals surface area contributed by atoms with E-state index in [0.29, 0.717) is 13.0 Å².